The van der Waals surface area contributed by atoms with Crippen molar-refractivity contribution in [1.82, 2.24) is 0 Å². The molecule has 0 fully saturated rings. The molecule has 1 rings (SSSR count). The second-order valence-corrected chi connectivity index (χ2v) is 3.96. The molecule has 16 heavy (non-hydrogen) atoms. The molecule has 2 unspecified atom stereocenters. The van der Waals surface area contributed by atoms with Crippen LogP contribution in [0.2, 0.25) is 0 Å². The quantitative estimate of drug-likeness (QED) is 0.791. The number of rotatable bonds is 4. The first kappa shape index (κ1) is 12.5. The lowest BCUT2D eigenvalue weighted by Gasteiger charge is -2.27. The van der Waals surface area contributed by atoms with E-state index < -0.39 is 5.60 Å². The molecule has 0 spiro atoms. The van der Waals surface area contributed by atoms with Crippen molar-refractivity contribution in [3.8, 4) is 11.8 Å². The zero-order valence-corrected chi connectivity index (χ0v) is 9.90. The van der Waals surface area contributed by atoms with E-state index in [1.165, 1.54) is 6.92 Å². The second-order valence-electron chi connectivity index (χ2n) is 3.96. The summed E-state index contributed by atoms with van der Waals surface area (Å²) in [5.41, 5.74) is -0.498. The summed E-state index contributed by atoms with van der Waals surface area (Å²) in [5.74, 6) is 0.471. The third kappa shape index (κ3) is 2.34. The summed E-state index contributed by atoms with van der Waals surface area (Å²) in [6.07, 6.45) is 0.681. The van der Waals surface area contributed by atoms with Gasteiger partial charge in [0.2, 0.25) is 0 Å². The number of nitrogens with zero attached hydrogens (tertiary/aromatic N) is 1. The molecule has 0 bridgehead atoms. The average molecular weight is 219 g/mol. The molecule has 86 valence electrons. The third-order valence-corrected chi connectivity index (χ3v) is 2.83. The standard InChI is InChI=1S/C13H17NO2/c1-4-11(13(2,15)9-14)10-7-5-6-8-12(10)16-3/h5-8,11,15H,4H2,1-3H3. The van der Waals surface area contributed by atoms with Crippen molar-refractivity contribution in [3.05, 3.63) is 29.8 Å². The van der Waals surface area contributed by atoms with Gasteiger partial charge < -0.3 is 9.84 Å². The van der Waals surface area contributed by atoms with Crippen LogP contribution in [0.25, 0.3) is 0 Å². The zero-order chi connectivity index (χ0) is 12.2. The van der Waals surface area contributed by atoms with Gasteiger partial charge >= 0.3 is 0 Å². The number of hydrogen-bond acceptors (Lipinski definition) is 3. The topological polar surface area (TPSA) is 53.2 Å². The first-order valence-corrected chi connectivity index (χ1v) is 5.33. The van der Waals surface area contributed by atoms with Crippen molar-refractivity contribution in [1.29, 1.82) is 5.26 Å². The molecule has 0 aromatic heterocycles. The highest BCUT2D eigenvalue weighted by atomic mass is 16.5. The predicted molar refractivity (Wildman–Crippen MR) is 62.3 cm³/mol. The fraction of sp³-hybridized carbons (Fsp3) is 0.462. The Morgan fingerprint density at radius 1 is 1.50 bits per heavy atom. The van der Waals surface area contributed by atoms with Gasteiger partial charge in [-0.1, -0.05) is 25.1 Å². The zero-order valence-electron chi connectivity index (χ0n) is 9.90. The number of ether oxygens (including phenoxy) is 1. The van der Waals surface area contributed by atoms with Gasteiger partial charge in [0, 0.05) is 11.5 Å². The Morgan fingerprint density at radius 3 is 2.62 bits per heavy atom. The van der Waals surface area contributed by atoms with Crippen LogP contribution in [0.15, 0.2) is 24.3 Å². The van der Waals surface area contributed by atoms with Crippen LogP contribution in [0, 0.1) is 11.3 Å². The summed E-state index contributed by atoms with van der Waals surface area (Å²) in [6, 6.07) is 9.42. The molecule has 0 aliphatic rings. The first-order chi connectivity index (χ1) is 7.56. The van der Waals surface area contributed by atoms with Crippen molar-refractivity contribution < 1.29 is 9.84 Å². The molecule has 1 aromatic carbocycles. The Labute approximate surface area is 96.3 Å². The summed E-state index contributed by atoms with van der Waals surface area (Å²) >= 11 is 0. The van der Waals surface area contributed by atoms with Gasteiger partial charge in [0.1, 0.15) is 5.75 Å². The van der Waals surface area contributed by atoms with E-state index in [0.717, 1.165) is 5.56 Å². The van der Waals surface area contributed by atoms with Gasteiger partial charge in [0.15, 0.2) is 5.60 Å². The Kier molecular flexibility index (Phi) is 3.92. The molecular weight excluding hydrogens is 202 g/mol. The van der Waals surface area contributed by atoms with Gasteiger partial charge in [-0.15, -0.1) is 0 Å². The first-order valence-electron chi connectivity index (χ1n) is 5.33. The van der Waals surface area contributed by atoms with E-state index in [9.17, 15) is 5.11 Å². The SMILES string of the molecule is CCC(c1ccccc1OC)C(C)(O)C#N. The number of benzene rings is 1. The number of methoxy groups -OCH3 is 1. The monoisotopic (exact) mass is 219 g/mol. The second kappa shape index (κ2) is 5.00. The normalized spacial score (nSPS) is 15.9. The Bertz CT molecular complexity index is 393. The summed E-state index contributed by atoms with van der Waals surface area (Å²) in [6.45, 7) is 3.48. The minimum atomic E-state index is -1.37. The van der Waals surface area contributed by atoms with E-state index >= 15 is 0 Å². The largest absolute Gasteiger partial charge is 0.496 e. The van der Waals surface area contributed by atoms with Crippen LogP contribution in [0.1, 0.15) is 31.7 Å². The van der Waals surface area contributed by atoms with Gasteiger partial charge in [-0.3, -0.25) is 0 Å². The molecule has 0 radical (unpaired) electrons. The number of para-hydroxylation sites is 1. The van der Waals surface area contributed by atoms with E-state index in [4.69, 9.17) is 10.00 Å². The van der Waals surface area contributed by atoms with E-state index in [1.54, 1.807) is 7.11 Å². The van der Waals surface area contributed by atoms with Crippen molar-refractivity contribution in [2.24, 2.45) is 0 Å². The number of nitriles is 1. The summed E-state index contributed by atoms with van der Waals surface area (Å²) < 4.78 is 5.25. The highest BCUT2D eigenvalue weighted by molar-refractivity contribution is 5.39. The molecule has 2 atom stereocenters. The molecule has 0 saturated carbocycles. The van der Waals surface area contributed by atoms with Crippen molar-refractivity contribution in [2.75, 3.05) is 7.11 Å². The van der Waals surface area contributed by atoms with Gasteiger partial charge in [0.25, 0.3) is 0 Å². The van der Waals surface area contributed by atoms with E-state index in [1.807, 2.05) is 37.3 Å². The molecular formula is C13H17NO2. The lowest BCUT2D eigenvalue weighted by molar-refractivity contribution is 0.0850. The van der Waals surface area contributed by atoms with Crippen LogP contribution < -0.4 is 4.74 Å². The van der Waals surface area contributed by atoms with Gasteiger partial charge in [0.05, 0.1) is 13.2 Å². The fourth-order valence-corrected chi connectivity index (χ4v) is 1.95. The maximum atomic E-state index is 10.0. The smallest absolute Gasteiger partial charge is 0.155 e. The lowest BCUT2D eigenvalue weighted by Crippen LogP contribution is -2.30. The van der Waals surface area contributed by atoms with Crippen LogP contribution in [-0.2, 0) is 0 Å². The molecule has 0 aliphatic heterocycles. The minimum absolute atomic E-state index is 0.242. The minimum Gasteiger partial charge on any atom is -0.496 e. The van der Waals surface area contributed by atoms with Crippen LogP contribution in [0.3, 0.4) is 0 Å². The number of hydrogen-bond donors (Lipinski definition) is 1. The highest BCUT2D eigenvalue weighted by Crippen LogP contribution is 2.36. The third-order valence-electron chi connectivity index (χ3n) is 2.83. The summed E-state index contributed by atoms with van der Waals surface area (Å²) in [7, 11) is 1.59. The highest BCUT2D eigenvalue weighted by Gasteiger charge is 2.33. The van der Waals surface area contributed by atoms with Crippen molar-refractivity contribution in [3.63, 3.8) is 0 Å². The van der Waals surface area contributed by atoms with Gasteiger partial charge in [-0.2, -0.15) is 5.26 Å². The molecule has 1 aromatic rings. The van der Waals surface area contributed by atoms with Gasteiger partial charge in [-0.25, -0.2) is 0 Å². The van der Waals surface area contributed by atoms with Gasteiger partial charge in [-0.05, 0) is 19.4 Å². The summed E-state index contributed by atoms with van der Waals surface area (Å²) in [5, 5.41) is 19.0. The van der Waals surface area contributed by atoms with Crippen LogP contribution in [-0.4, -0.2) is 17.8 Å². The fourth-order valence-electron chi connectivity index (χ4n) is 1.95. The Balaban J connectivity index is 3.19. The Morgan fingerprint density at radius 2 is 2.12 bits per heavy atom. The molecule has 0 aliphatic carbocycles. The van der Waals surface area contributed by atoms with Crippen LogP contribution in [0.4, 0.5) is 0 Å². The number of aliphatic hydroxyl groups is 1. The average Bonchev–Trinajstić information content (AvgIpc) is 2.30. The molecule has 1 N–H and O–H groups in total. The Hall–Kier alpha value is -1.53. The van der Waals surface area contributed by atoms with Crippen molar-refractivity contribution >= 4 is 0 Å². The maximum Gasteiger partial charge on any atom is 0.155 e. The molecule has 3 heteroatoms. The molecule has 3 nitrogen and oxygen atoms in total. The molecule has 0 amide bonds. The molecule has 0 saturated heterocycles. The van der Waals surface area contributed by atoms with Crippen molar-refractivity contribution in [2.45, 2.75) is 31.8 Å². The van der Waals surface area contributed by atoms with E-state index in [-0.39, 0.29) is 5.92 Å². The lowest BCUT2D eigenvalue weighted by atomic mass is 9.82. The summed E-state index contributed by atoms with van der Waals surface area (Å²) in [4.78, 5) is 0. The van der Waals surface area contributed by atoms with Crippen LogP contribution in [0.5, 0.6) is 5.75 Å². The van der Waals surface area contributed by atoms with E-state index in [0.29, 0.717) is 12.2 Å². The predicted octanol–water partition coefficient (Wildman–Crippen LogP) is 2.46. The molecule has 0 heterocycles. The maximum absolute atomic E-state index is 10.0. The van der Waals surface area contributed by atoms with Crippen LogP contribution >= 0.6 is 0 Å². The van der Waals surface area contributed by atoms with E-state index in [2.05, 4.69) is 0 Å².